The first kappa shape index (κ1) is 13.8. The predicted molar refractivity (Wildman–Crippen MR) is 74.3 cm³/mol. The minimum atomic E-state index is -0.160. The highest BCUT2D eigenvalue weighted by Gasteiger charge is 2.15. The lowest BCUT2D eigenvalue weighted by Crippen LogP contribution is -2.27. The highest BCUT2D eigenvalue weighted by Crippen LogP contribution is 2.22. The van der Waals surface area contributed by atoms with E-state index in [0.717, 1.165) is 5.69 Å². The van der Waals surface area contributed by atoms with Crippen molar-refractivity contribution in [1.29, 1.82) is 0 Å². The van der Waals surface area contributed by atoms with Crippen LogP contribution in [-0.4, -0.2) is 37.2 Å². The van der Waals surface area contributed by atoms with Gasteiger partial charge in [0.25, 0.3) is 5.91 Å². The van der Waals surface area contributed by atoms with E-state index in [-0.39, 0.29) is 5.91 Å². The summed E-state index contributed by atoms with van der Waals surface area (Å²) in [4.78, 5) is 16.0. The Hall–Kier alpha value is -1.62. The van der Waals surface area contributed by atoms with E-state index in [4.69, 9.17) is 4.74 Å². The molecule has 19 heavy (non-hydrogen) atoms. The largest absolute Gasteiger partial charge is 0.383 e. The molecule has 104 valence electrons. The van der Waals surface area contributed by atoms with Crippen LogP contribution in [0, 0.1) is 0 Å². The molecule has 1 aromatic rings. The van der Waals surface area contributed by atoms with Crippen LogP contribution in [0.15, 0.2) is 18.3 Å². The molecule has 0 unspecified atom stereocenters. The Morgan fingerprint density at radius 2 is 2.26 bits per heavy atom. The van der Waals surface area contributed by atoms with Gasteiger partial charge in [0.15, 0.2) is 0 Å². The summed E-state index contributed by atoms with van der Waals surface area (Å²) in [5.74, 6) is -0.160. The summed E-state index contributed by atoms with van der Waals surface area (Å²) >= 11 is 0. The molecule has 1 aliphatic carbocycles. The number of anilines is 1. The van der Waals surface area contributed by atoms with E-state index < -0.39 is 0 Å². The van der Waals surface area contributed by atoms with Crippen LogP contribution in [0.4, 0.5) is 5.69 Å². The number of aromatic nitrogens is 1. The van der Waals surface area contributed by atoms with E-state index in [1.807, 2.05) is 6.07 Å². The number of carbonyl (C=O) groups is 1. The molecule has 0 atom stereocenters. The Balaban J connectivity index is 1.91. The number of rotatable bonds is 6. The first-order valence-corrected chi connectivity index (χ1v) is 6.79. The number of hydrogen-bond acceptors (Lipinski definition) is 4. The third-order valence-corrected chi connectivity index (χ3v) is 3.31. The molecule has 2 rings (SSSR count). The standard InChI is InChI=1S/C14H21N3O2/c1-19-9-8-16-14(18)13-10-12(6-7-15-13)17-11-4-2-3-5-11/h6-7,10-11H,2-5,8-9H2,1H3,(H,15,17)(H,16,18). The molecule has 1 aromatic heterocycles. The lowest BCUT2D eigenvalue weighted by Gasteiger charge is -2.13. The van der Waals surface area contributed by atoms with Crippen molar-refractivity contribution >= 4 is 11.6 Å². The number of ether oxygens (including phenoxy) is 1. The number of pyridine rings is 1. The lowest BCUT2D eigenvalue weighted by molar-refractivity contribution is 0.0932. The highest BCUT2D eigenvalue weighted by atomic mass is 16.5. The van der Waals surface area contributed by atoms with Crippen molar-refractivity contribution < 1.29 is 9.53 Å². The van der Waals surface area contributed by atoms with Crippen molar-refractivity contribution in [2.45, 2.75) is 31.7 Å². The van der Waals surface area contributed by atoms with Gasteiger partial charge in [-0.2, -0.15) is 0 Å². The number of hydrogen-bond donors (Lipinski definition) is 2. The van der Waals surface area contributed by atoms with Gasteiger partial charge in [-0.1, -0.05) is 12.8 Å². The van der Waals surface area contributed by atoms with Crippen molar-refractivity contribution in [1.82, 2.24) is 10.3 Å². The van der Waals surface area contributed by atoms with E-state index in [2.05, 4.69) is 15.6 Å². The van der Waals surface area contributed by atoms with E-state index in [1.54, 1.807) is 19.4 Å². The van der Waals surface area contributed by atoms with Crippen LogP contribution in [0.5, 0.6) is 0 Å². The average molecular weight is 263 g/mol. The summed E-state index contributed by atoms with van der Waals surface area (Å²) in [5.41, 5.74) is 1.41. The molecular weight excluding hydrogens is 242 g/mol. The molecule has 2 N–H and O–H groups in total. The number of methoxy groups -OCH3 is 1. The van der Waals surface area contributed by atoms with Gasteiger partial charge in [0, 0.05) is 31.6 Å². The summed E-state index contributed by atoms with van der Waals surface area (Å²) in [6.45, 7) is 1.00. The normalized spacial score (nSPS) is 15.4. The van der Waals surface area contributed by atoms with E-state index >= 15 is 0 Å². The van der Waals surface area contributed by atoms with Gasteiger partial charge in [-0.3, -0.25) is 9.78 Å². The molecule has 0 saturated heterocycles. The van der Waals surface area contributed by atoms with Crippen LogP contribution in [0.2, 0.25) is 0 Å². The third kappa shape index (κ3) is 4.21. The van der Waals surface area contributed by atoms with Gasteiger partial charge in [0.05, 0.1) is 6.61 Å². The second kappa shape index (κ2) is 7.09. The third-order valence-electron chi connectivity index (χ3n) is 3.31. The molecule has 0 aromatic carbocycles. The Morgan fingerprint density at radius 1 is 1.47 bits per heavy atom. The van der Waals surface area contributed by atoms with Gasteiger partial charge in [-0.25, -0.2) is 0 Å². The Morgan fingerprint density at radius 3 is 3.00 bits per heavy atom. The zero-order chi connectivity index (χ0) is 13.5. The van der Waals surface area contributed by atoms with Crippen LogP contribution in [-0.2, 0) is 4.74 Å². The molecule has 1 fully saturated rings. The van der Waals surface area contributed by atoms with Gasteiger partial charge in [-0.15, -0.1) is 0 Å². The number of carbonyl (C=O) groups excluding carboxylic acids is 1. The second-order valence-electron chi connectivity index (χ2n) is 4.80. The first-order chi connectivity index (χ1) is 9.29. The average Bonchev–Trinajstić information content (AvgIpc) is 2.92. The molecule has 1 saturated carbocycles. The SMILES string of the molecule is COCCNC(=O)c1cc(NC2CCCC2)ccn1. The summed E-state index contributed by atoms with van der Waals surface area (Å²) < 4.78 is 4.89. The minimum absolute atomic E-state index is 0.160. The fourth-order valence-corrected chi connectivity index (χ4v) is 2.31. The molecule has 1 heterocycles. The quantitative estimate of drug-likeness (QED) is 0.768. The van der Waals surface area contributed by atoms with Gasteiger partial charge in [-0.05, 0) is 25.0 Å². The van der Waals surface area contributed by atoms with Crippen LogP contribution in [0.3, 0.4) is 0 Å². The molecule has 1 aliphatic rings. The summed E-state index contributed by atoms with van der Waals surface area (Å²) in [6.07, 6.45) is 6.65. The maximum Gasteiger partial charge on any atom is 0.270 e. The van der Waals surface area contributed by atoms with Gasteiger partial charge >= 0.3 is 0 Å². The maximum absolute atomic E-state index is 11.9. The molecular formula is C14H21N3O2. The van der Waals surface area contributed by atoms with Gasteiger partial charge in [0.2, 0.25) is 0 Å². The van der Waals surface area contributed by atoms with E-state index in [0.29, 0.717) is 24.9 Å². The van der Waals surface area contributed by atoms with E-state index in [9.17, 15) is 4.79 Å². The Bertz CT molecular complexity index is 417. The second-order valence-corrected chi connectivity index (χ2v) is 4.80. The van der Waals surface area contributed by atoms with Crippen molar-refractivity contribution in [2.75, 3.05) is 25.6 Å². The van der Waals surface area contributed by atoms with Gasteiger partial charge in [0.1, 0.15) is 5.69 Å². The molecule has 5 heteroatoms. The minimum Gasteiger partial charge on any atom is -0.383 e. The molecule has 0 aliphatic heterocycles. The molecule has 0 radical (unpaired) electrons. The smallest absolute Gasteiger partial charge is 0.270 e. The van der Waals surface area contributed by atoms with Crippen molar-refractivity contribution in [3.05, 3.63) is 24.0 Å². The summed E-state index contributed by atoms with van der Waals surface area (Å²) in [6, 6.07) is 4.25. The molecule has 5 nitrogen and oxygen atoms in total. The lowest BCUT2D eigenvalue weighted by atomic mass is 10.2. The van der Waals surface area contributed by atoms with Crippen LogP contribution in [0.25, 0.3) is 0 Å². The topological polar surface area (TPSA) is 63.2 Å². The molecule has 1 amide bonds. The van der Waals surface area contributed by atoms with Crippen LogP contribution in [0.1, 0.15) is 36.2 Å². The van der Waals surface area contributed by atoms with Crippen molar-refractivity contribution in [2.24, 2.45) is 0 Å². The van der Waals surface area contributed by atoms with E-state index in [1.165, 1.54) is 25.7 Å². The zero-order valence-electron chi connectivity index (χ0n) is 11.3. The van der Waals surface area contributed by atoms with Crippen LogP contribution < -0.4 is 10.6 Å². The molecule has 0 bridgehead atoms. The monoisotopic (exact) mass is 263 g/mol. The van der Waals surface area contributed by atoms with Crippen molar-refractivity contribution in [3.8, 4) is 0 Å². The number of amides is 1. The number of nitrogens with zero attached hydrogens (tertiary/aromatic N) is 1. The van der Waals surface area contributed by atoms with Crippen LogP contribution >= 0.6 is 0 Å². The Kier molecular flexibility index (Phi) is 5.15. The maximum atomic E-state index is 11.9. The molecule has 0 spiro atoms. The van der Waals surface area contributed by atoms with Gasteiger partial charge < -0.3 is 15.4 Å². The highest BCUT2D eigenvalue weighted by molar-refractivity contribution is 5.93. The predicted octanol–water partition coefficient (Wildman–Crippen LogP) is 1.81. The Labute approximate surface area is 113 Å². The zero-order valence-corrected chi connectivity index (χ0v) is 11.3. The fourth-order valence-electron chi connectivity index (χ4n) is 2.31. The summed E-state index contributed by atoms with van der Waals surface area (Å²) in [5, 5.41) is 6.23. The van der Waals surface area contributed by atoms with Crippen molar-refractivity contribution in [3.63, 3.8) is 0 Å². The fraction of sp³-hybridized carbons (Fsp3) is 0.571. The summed E-state index contributed by atoms with van der Waals surface area (Å²) in [7, 11) is 1.61. The number of nitrogens with one attached hydrogen (secondary N) is 2. The first-order valence-electron chi connectivity index (χ1n) is 6.79.